The molecule has 138 valence electrons. The Kier molecular flexibility index (Phi) is 9.73. The van der Waals surface area contributed by atoms with Gasteiger partial charge in [0.05, 0.1) is 19.2 Å². The van der Waals surface area contributed by atoms with E-state index in [0.717, 1.165) is 5.56 Å². The van der Waals surface area contributed by atoms with Crippen molar-refractivity contribution in [3.8, 4) is 11.5 Å². The molecule has 27 heavy (non-hydrogen) atoms. The predicted octanol–water partition coefficient (Wildman–Crippen LogP) is -0.967. The Morgan fingerprint density at radius 3 is 2.41 bits per heavy atom. The number of carboxylic acid groups (broad SMARTS) is 1. The first-order valence-corrected chi connectivity index (χ1v) is 8.35. The molecule has 0 aromatic heterocycles. The van der Waals surface area contributed by atoms with Crippen molar-refractivity contribution >= 4 is 5.97 Å². The molecule has 0 fully saturated rings. The standard InChI is InChI=1S/C21H24O5.K/c1-13(2)17(22)12-16-18(26-3)11-15(19(20(16)23)21(24)25)10-9-14-7-5-4-6-8-14;/h4-8,11,17,22-23H,1,9-10,12H2,2-3H3,(H,24,25);/q;+1/p-1. The van der Waals surface area contributed by atoms with Crippen LogP contribution in [0.3, 0.4) is 0 Å². The van der Waals surface area contributed by atoms with Gasteiger partial charge in [0.25, 0.3) is 0 Å². The topological polar surface area (TPSA) is 89.8 Å². The van der Waals surface area contributed by atoms with Crippen molar-refractivity contribution in [3.05, 3.63) is 70.8 Å². The van der Waals surface area contributed by atoms with Gasteiger partial charge in [-0.25, -0.2) is 0 Å². The number of hydrogen-bond acceptors (Lipinski definition) is 5. The van der Waals surface area contributed by atoms with E-state index >= 15 is 0 Å². The number of carbonyl (C=O) groups is 1. The fraction of sp³-hybridized carbons (Fsp3) is 0.286. The molecule has 0 spiro atoms. The third-order valence-electron chi connectivity index (χ3n) is 4.36. The van der Waals surface area contributed by atoms with Crippen LogP contribution in [0.25, 0.3) is 0 Å². The van der Waals surface area contributed by atoms with Gasteiger partial charge in [-0.2, -0.15) is 0 Å². The van der Waals surface area contributed by atoms with Crippen LogP contribution in [0.4, 0.5) is 0 Å². The Morgan fingerprint density at radius 1 is 1.26 bits per heavy atom. The van der Waals surface area contributed by atoms with Crippen molar-refractivity contribution in [2.75, 3.05) is 7.11 Å². The van der Waals surface area contributed by atoms with E-state index < -0.39 is 17.8 Å². The summed E-state index contributed by atoms with van der Waals surface area (Å²) in [6.07, 6.45) is 0.0984. The molecule has 0 radical (unpaired) electrons. The van der Waals surface area contributed by atoms with Crippen LogP contribution in [-0.4, -0.2) is 29.4 Å². The third-order valence-corrected chi connectivity index (χ3v) is 4.36. The van der Waals surface area contributed by atoms with Gasteiger partial charge in [-0.1, -0.05) is 42.5 Å². The van der Waals surface area contributed by atoms with E-state index in [-0.39, 0.29) is 68.9 Å². The van der Waals surface area contributed by atoms with Crippen LogP contribution in [0.1, 0.15) is 34.0 Å². The van der Waals surface area contributed by atoms with E-state index in [4.69, 9.17) is 4.74 Å². The molecule has 5 nitrogen and oxygen atoms in total. The number of aryl methyl sites for hydroxylation is 2. The fourth-order valence-electron chi connectivity index (χ4n) is 2.83. The fourth-order valence-corrected chi connectivity index (χ4v) is 2.83. The van der Waals surface area contributed by atoms with Crippen molar-refractivity contribution in [2.45, 2.75) is 32.3 Å². The molecule has 0 bridgehead atoms. The van der Waals surface area contributed by atoms with E-state index in [2.05, 4.69) is 6.58 Å². The first kappa shape index (κ1) is 23.9. The average molecular weight is 395 g/mol. The summed E-state index contributed by atoms with van der Waals surface area (Å²) in [5.74, 6) is -1.55. The Bertz CT molecular complexity index is 802. The molecule has 2 aromatic rings. The molecular weight excluding hydrogens is 371 g/mol. The summed E-state index contributed by atoms with van der Waals surface area (Å²) in [5.41, 5.74) is 1.96. The van der Waals surface area contributed by atoms with Gasteiger partial charge in [-0.15, -0.1) is 0 Å². The maximum Gasteiger partial charge on any atom is 1.00 e. The molecule has 2 aromatic carbocycles. The first-order chi connectivity index (χ1) is 12.3. The molecule has 2 N–H and O–H groups in total. The summed E-state index contributed by atoms with van der Waals surface area (Å²) in [6, 6.07) is 11.2. The molecule has 1 unspecified atom stereocenters. The quantitative estimate of drug-likeness (QED) is 0.444. The second-order valence-corrected chi connectivity index (χ2v) is 6.28. The van der Waals surface area contributed by atoms with Crippen molar-refractivity contribution < 1.29 is 76.2 Å². The van der Waals surface area contributed by atoms with Crippen LogP contribution >= 0.6 is 0 Å². The van der Waals surface area contributed by atoms with E-state index in [1.165, 1.54) is 7.11 Å². The van der Waals surface area contributed by atoms with Crippen molar-refractivity contribution in [1.82, 2.24) is 0 Å². The van der Waals surface area contributed by atoms with Crippen molar-refractivity contribution in [1.29, 1.82) is 0 Å². The summed E-state index contributed by atoms with van der Waals surface area (Å²) >= 11 is 0. The number of aliphatic hydroxyl groups excluding tert-OH is 1. The van der Waals surface area contributed by atoms with E-state index in [1.54, 1.807) is 13.0 Å². The van der Waals surface area contributed by atoms with Crippen LogP contribution < -0.4 is 61.2 Å². The van der Waals surface area contributed by atoms with Crippen LogP contribution in [0.15, 0.2) is 48.6 Å². The maximum absolute atomic E-state index is 11.6. The van der Waals surface area contributed by atoms with Crippen molar-refractivity contribution in [2.24, 2.45) is 0 Å². The molecule has 0 saturated heterocycles. The number of aliphatic hydroxyl groups is 1. The summed E-state index contributed by atoms with van der Waals surface area (Å²) in [7, 11) is 1.44. The smallest absolute Gasteiger partial charge is 0.545 e. The number of phenols is 1. The Labute approximate surface area is 202 Å². The second kappa shape index (κ2) is 11.0. The molecule has 0 amide bonds. The van der Waals surface area contributed by atoms with Gasteiger partial charge < -0.3 is 24.9 Å². The number of aromatic hydroxyl groups is 1. The normalized spacial score (nSPS) is 11.4. The van der Waals surface area contributed by atoms with Crippen LogP contribution in [0, 0.1) is 0 Å². The van der Waals surface area contributed by atoms with Gasteiger partial charge in [0.15, 0.2) is 0 Å². The molecule has 0 aliphatic rings. The van der Waals surface area contributed by atoms with E-state index in [1.807, 2.05) is 30.3 Å². The monoisotopic (exact) mass is 394 g/mol. The number of methoxy groups -OCH3 is 1. The number of ether oxygens (including phenoxy) is 1. The zero-order valence-electron chi connectivity index (χ0n) is 16.0. The number of carboxylic acids is 1. The van der Waals surface area contributed by atoms with Gasteiger partial charge >= 0.3 is 51.4 Å². The minimum absolute atomic E-state index is 0. The Morgan fingerprint density at radius 2 is 1.89 bits per heavy atom. The summed E-state index contributed by atoms with van der Waals surface area (Å²) < 4.78 is 5.32. The molecular formula is C21H23KO5. The van der Waals surface area contributed by atoms with Gasteiger partial charge in [0.2, 0.25) is 0 Å². The summed E-state index contributed by atoms with van der Waals surface area (Å²) in [6.45, 7) is 5.33. The molecule has 1 atom stereocenters. The zero-order valence-corrected chi connectivity index (χ0v) is 19.1. The average Bonchev–Trinajstić information content (AvgIpc) is 2.61. The summed E-state index contributed by atoms with van der Waals surface area (Å²) in [5, 5.41) is 32.2. The SMILES string of the molecule is C=C(C)C(O)Cc1c(OC)cc(CCc2ccccc2)c(C(=O)[O-])c1O.[K+]. The number of hydrogen-bond donors (Lipinski definition) is 2. The Hall–Kier alpha value is -1.15. The number of carbonyl (C=O) groups excluding carboxylic acids is 1. The molecule has 0 aliphatic carbocycles. The second-order valence-electron chi connectivity index (χ2n) is 6.28. The first-order valence-electron chi connectivity index (χ1n) is 8.35. The molecule has 0 heterocycles. The van der Waals surface area contributed by atoms with E-state index in [9.17, 15) is 20.1 Å². The molecule has 0 saturated carbocycles. The van der Waals surface area contributed by atoms with Gasteiger partial charge in [0.1, 0.15) is 11.5 Å². The Balaban J connectivity index is 0.00000364. The molecule has 2 rings (SSSR count). The summed E-state index contributed by atoms with van der Waals surface area (Å²) in [4.78, 5) is 11.6. The van der Waals surface area contributed by atoms with Crippen LogP contribution in [-0.2, 0) is 19.3 Å². The van der Waals surface area contributed by atoms with Crippen LogP contribution in [0.2, 0.25) is 0 Å². The minimum atomic E-state index is -1.46. The molecule has 6 heteroatoms. The van der Waals surface area contributed by atoms with Gasteiger partial charge in [-0.05, 0) is 37.0 Å². The largest absolute Gasteiger partial charge is 1.00 e. The number of benzene rings is 2. The van der Waals surface area contributed by atoms with Crippen LogP contribution in [0.5, 0.6) is 11.5 Å². The minimum Gasteiger partial charge on any atom is -0.545 e. The number of aromatic carboxylic acids is 1. The zero-order chi connectivity index (χ0) is 19.3. The van der Waals surface area contributed by atoms with Crippen molar-refractivity contribution in [3.63, 3.8) is 0 Å². The third kappa shape index (κ3) is 6.17. The predicted molar refractivity (Wildman–Crippen MR) is 97.4 cm³/mol. The van der Waals surface area contributed by atoms with Gasteiger partial charge in [0, 0.05) is 17.5 Å². The number of rotatable bonds is 8. The maximum atomic E-state index is 11.6. The van der Waals surface area contributed by atoms with Gasteiger partial charge in [-0.3, -0.25) is 0 Å². The van der Waals surface area contributed by atoms with E-state index in [0.29, 0.717) is 29.7 Å². The molecule has 0 aliphatic heterocycles.